The van der Waals surface area contributed by atoms with Crippen molar-refractivity contribution in [2.45, 2.75) is 19.9 Å². The van der Waals surface area contributed by atoms with E-state index in [-0.39, 0.29) is 22.1 Å². The number of aryl methyl sites for hydroxylation is 2. The largest absolute Gasteiger partial charge is 0.507 e. The molecule has 8 heteroatoms. The van der Waals surface area contributed by atoms with E-state index in [0.717, 1.165) is 11.1 Å². The van der Waals surface area contributed by atoms with Gasteiger partial charge in [-0.2, -0.15) is 0 Å². The van der Waals surface area contributed by atoms with E-state index in [9.17, 15) is 19.8 Å². The van der Waals surface area contributed by atoms with Gasteiger partial charge in [0.2, 0.25) is 0 Å². The van der Waals surface area contributed by atoms with E-state index in [0.29, 0.717) is 28.3 Å². The van der Waals surface area contributed by atoms with Crippen LogP contribution in [-0.4, -0.2) is 36.1 Å². The molecule has 35 heavy (non-hydrogen) atoms. The molecule has 0 bridgehead atoms. The number of ketones is 1. The highest BCUT2D eigenvalue weighted by atomic mass is 35.5. The third-order valence-electron chi connectivity index (χ3n) is 5.96. The maximum Gasteiger partial charge on any atom is 0.300 e. The van der Waals surface area contributed by atoms with Gasteiger partial charge in [-0.3, -0.25) is 14.5 Å². The number of rotatable bonds is 5. The summed E-state index contributed by atoms with van der Waals surface area (Å²) in [6.07, 6.45) is 0. The van der Waals surface area contributed by atoms with E-state index in [2.05, 4.69) is 0 Å². The zero-order valence-corrected chi connectivity index (χ0v) is 20.4. The van der Waals surface area contributed by atoms with Crippen molar-refractivity contribution in [1.82, 2.24) is 0 Å². The van der Waals surface area contributed by atoms with Gasteiger partial charge in [0.15, 0.2) is 0 Å². The fourth-order valence-electron chi connectivity index (χ4n) is 4.40. The van der Waals surface area contributed by atoms with Crippen molar-refractivity contribution >= 4 is 34.7 Å². The Morgan fingerprint density at radius 1 is 0.971 bits per heavy atom. The van der Waals surface area contributed by atoms with E-state index in [1.165, 1.54) is 31.3 Å². The van der Waals surface area contributed by atoms with E-state index < -0.39 is 17.7 Å². The number of phenols is 1. The molecule has 0 aliphatic carbocycles. The second-order valence-electron chi connectivity index (χ2n) is 8.24. The number of anilines is 1. The molecule has 180 valence electrons. The maximum absolute atomic E-state index is 13.4. The number of Topliss-reactive ketones (excluding diaryl/α,β-unsaturated/α-hetero) is 1. The van der Waals surface area contributed by atoms with Crippen LogP contribution in [0.3, 0.4) is 0 Å². The van der Waals surface area contributed by atoms with Gasteiger partial charge in [-0.15, -0.1) is 0 Å². The van der Waals surface area contributed by atoms with Gasteiger partial charge in [-0.25, -0.2) is 0 Å². The highest BCUT2D eigenvalue weighted by Gasteiger charge is 2.47. The third kappa shape index (κ3) is 4.19. The molecule has 3 aromatic carbocycles. The standard InChI is InChI=1S/C27H24ClNO6/c1-14-11-15(2)26(35-4)19(12-14)24(31)22-23(16-5-10-21(30)20(28)13-16)29(27(33)25(22)32)17-6-8-18(34-3)9-7-17/h5-13,23,30-31H,1-4H3/b24-22+. The lowest BCUT2D eigenvalue weighted by Crippen LogP contribution is -2.29. The van der Waals surface area contributed by atoms with E-state index >= 15 is 0 Å². The molecule has 0 saturated carbocycles. The number of phenolic OH excluding ortho intramolecular Hbond substituents is 1. The highest BCUT2D eigenvalue weighted by molar-refractivity contribution is 6.51. The molecular formula is C27H24ClNO6. The number of methoxy groups -OCH3 is 2. The van der Waals surface area contributed by atoms with Crippen LogP contribution in [0.4, 0.5) is 5.69 Å². The fraction of sp³-hybridized carbons (Fsp3) is 0.185. The highest BCUT2D eigenvalue weighted by Crippen LogP contribution is 2.45. The molecule has 4 rings (SSSR count). The molecule has 0 radical (unpaired) electrons. The minimum absolute atomic E-state index is 0.0480. The molecule has 0 spiro atoms. The zero-order valence-electron chi connectivity index (χ0n) is 19.6. The monoisotopic (exact) mass is 493 g/mol. The summed E-state index contributed by atoms with van der Waals surface area (Å²) in [5.41, 5.74) is 2.66. The normalized spacial score (nSPS) is 17.1. The van der Waals surface area contributed by atoms with Crippen LogP contribution < -0.4 is 14.4 Å². The van der Waals surface area contributed by atoms with Crippen molar-refractivity contribution in [2.24, 2.45) is 0 Å². The number of hydrogen-bond acceptors (Lipinski definition) is 6. The first-order chi connectivity index (χ1) is 16.7. The van der Waals surface area contributed by atoms with Gasteiger partial charge in [0.1, 0.15) is 23.0 Å². The summed E-state index contributed by atoms with van der Waals surface area (Å²) in [4.78, 5) is 28.0. The second kappa shape index (κ2) is 9.35. The summed E-state index contributed by atoms with van der Waals surface area (Å²) < 4.78 is 10.7. The van der Waals surface area contributed by atoms with Gasteiger partial charge in [0.25, 0.3) is 11.7 Å². The van der Waals surface area contributed by atoms with Crippen LogP contribution >= 0.6 is 11.6 Å². The Balaban J connectivity index is 2.00. The second-order valence-corrected chi connectivity index (χ2v) is 8.65. The summed E-state index contributed by atoms with van der Waals surface area (Å²) >= 11 is 6.18. The number of benzene rings is 3. The molecule has 1 aliphatic heterocycles. The van der Waals surface area contributed by atoms with Crippen LogP contribution in [0, 0.1) is 13.8 Å². The molecule has 2 N–H and O–H groups in total. The molecule has 3 aromatic rings. The van der Waals surface area contributed by atoms with E-state index in [1.807, 2.05) is 19.9 Å². The van der Waals surface area contributed by atoms with Crippen molar-refractivity contribution in [2.75, 3.05) is 19.1 Å². The third-order valence-corrected chi connectivity index (χ3v) is 6.26. The number of aliphatic hydroxyl groups excluding tert-OH is 1. The summed E-state index contributed by atoms with van der Waals surface area (Å²) in [5, 5.41) is 21.5. The number of aliphatic hydroxyl groups is 1. The lowest BCUT2D eigenvalue weighted by molar-refractivity contribution is -0.132. The summed E-state index contributed by atoms with van der Waals surface area (Å²) in [7, 11) is 3.00. The van der Waals surface area contributed by atoms with Crippen LogP contribution in [0.2, 0.25) is 5.02 Å². The molecule has 7 nitrogen and oxygen atoms in total. The predicted octanol–water partition coefficient (Wildman–Crippen LogP) is 5.31. The predicted molar refractivity (Wildman–Crippen MR) is 133 cm³/mol. The molecule has 1 saturated heterocycles. The summed E-state index contributed by atoms with van der Waals surface area (Å²) in [5.74, 6) is -1.20. The molecule has 1 atom stereocenters. The smallest absolute Gasteiger partial charge is 0.300 e. The number of ether oxygens (including phenoxy) is 2. The van der Waals surface area contributed by atoms with E-state index in [1.54, 1.807) is 36.4 Å². The Kier molecular flexibility index (Phi) is 6.45. The van der Waals surface area contributed by atoms with Gasteiger partial charge in [-0.1, -0.05) is 23.7 Å². The lowest BCUT2D eigenvalue weighted by Gasteiger charge is -2.26. The molecule has 1 unspecified atom stereocenters. The van der Waals surface area contributed by atoms with Crippen LogP contribution in [0.1, 0.15) is 28.3 Å². The summed E-state index contributed by atoms with van der Waals surface area (Å²) in [6.45, 7) is 3.69. The molecule has 0 aromatic heterocycles. The minimum Gasteiger partial charge on any atom is -0.507 e. The van der Waals surface area contributed by atoms with Gasteiger partial charge >= 0.3 is 0 Å². The number of aromatic hydroxyl groups is 1. The number of halogens is 1. The van der Waals surface area contributed by atoms with Crippen LogP contribution in [0.25, 0.3) is 5.76 Å². The van der Waals surface area contributed by atoms with Crippen molar-refractivity contribution in [1.29, 1.82) is 0 Å². The number of carbonyl (C=O) groups is 2. The van der Waals surface area contributed by atoms with Gasteiger partial charge in [0, 0.05) is 5.69 Å². The Labute approximate surface area is 207 Å². The minimum atomic E-state index is -1.01. The average molecular weight is 494 g/mol. The first kappa shape index (κ1) is 24.2. The van der Waals surface area contributed by atoms with Crippen molar-refractivity contribution in [3.63, 3.8) is 0 Å². The maximum atomic E-state index is 13.4. The Bertz CT molecular complexity index is 1360. The van der Waals surface area contributed by atoms with Crippen LogP contribution in [0.5, 0.6) is 17.2 Å². The van der Waals surface area contributed by atoms with E-state index in [4.69, 9.17) is 21.1 Å². The Morgan fingerprint density at radius 3 is 2.26 bits per heavy atom. The van der Waals surface area contributed by atoms with Gasteiger partial charge in [0.05, 0.1) is 36.4 Å². The zero-order chi connectivity index (χ0) is 25.4. The SMILES string of the molecule is COc1ccc(N2C(=O)C(=O)/C(=C(/O)c3cc(C)cc(C)c3OC)C2c2ccc(O)c(Cl)c2)cc1. The first-order valence-electron chi connectivity index (χ1n) is 10.8. The van der Waals surface area contributed by atoms with Gasteiger partial charge < -0.3 is 19.7 Å². The van der Waals surface area contributed by atoms with Crippen LogP contribution in [0.15, 0.2) is 60.2 Å². The Morgan fingerprint density at radius 2 is 1.66 bits per heavy atom. The number of nitrogens with zero attached hydrogens (tertiary/aromatic N) is 1. The molecule has 1 amide bonds. The van der Waals surface area contributed by atoms with Crippen molar-refractivity contribution < 1.29 is 29.3 Å². The number of carbonyl (C=O) groups excluding carboxylic acids is 2. The van der Waals surface area contributed by atoms with Gasteiger partial charge in [-0.05, 0) is 73.0 Å². The number of hydrogen-bond donors (Lipinski definition) is 2. The first-order valence-corrected chi connectivity index (χ1v) is 11.1. The Hall–Kier alpha value is -3.97. The number of amides is 1. The molecule has 1 heterocycles. The molecule has 1 fully saturated rings. The quantitative estimate of drug-likeness (QED) is 0.284. The summed E-state index contributed by atoms with van der Waals surface area (Å²) in [6, 6.07) is 13.6. The average Bonchev–Trinajstić information content (AvgIpc) is 3.10. The fourth-order valence-corrected chi connectivity index (χ4v) is 4.59. The van der Waals surface area contributed by atoms with Crippen molar-refractivity contribution in [3.05, 3.63) is 87.4 Å². The van der Waals surface area contributed by atoms with Crippen LogP contribution in [-0.2, 0) is 9.59 Å². The van der Waals surface area contributed by atoms with Crippen molar-refractivity contribution in [3.8, 4) is 17.2 Å². The lowest BCUT2D eigenvalue weighted by atomic mass is 9.93. The topological polar surface area (TPSA) is 96.3 Å². The molecular weight excluding hydrogens is 470 g/mol. The molecule has 1 aliphatic rings.